The van der Waals surface area contributed by atoms with Crippen LogP contribution in [0.5, 0.6) is 0 Å². The predicted octanol–water partition coefficient (Wildman–Crippen LogP) is 4.54. The molecule has 3 rings (SSSR count). The number of hydrogen-bond donors (Lipinski definition) is 2. The number of carbonyl (C=O) groups excluding carboxylic acids is 2. The van der Waals surface area contributed by atoms with E-state index < -0.39 is 22.7 Å². The van der Waals surface area contributed by atoms with Gasteiger partial charge in [0.1, 0.15) is 0 Å². The molecule has 28 heavy (non-hydrogen) atoms. The summed E-state index contributed by atoms with van der Waals surface area (Å²) in [4.78, 5) is 25.4. The van der Waals surface area contributed by atoms with Crippen LogP contribution in [0.1, 0.15) is 18.4 Å². The number of halogens is 4. The second-order valence-electron chi connectivity index (χ2n) is 6.29. The van der Waals surface area contributed by atoms with Crippen molar-refractivity contribution >= 4 is 40.5 Å². The number of rotatable bonds is 5. The summed E-state index contributed by atoms with van der Waals surface area (Å²) in [5.41, 5.74) is 0.439. The Morgan fingerprint density at radius 3 is 2.39 bits per heavy atom. The van der Waals surface area contributed by atoms with E-state index in [0.29, 0.717) is 18.7 Å². The van der Waals surface area contributed by atoms with Gasteiger partial charge in [0.15, 0.2) is 0 Å². The fourth-order valence-electron chi connectivity index (χ4n) is 2.89. The molecule has 0 bridgehead atoms. The monoisotopic (exact) mass is 411 g/mol. The van der Waals surface area contributed by atoms with Crippen molar-refractivity contribution in [1.29, 1.82) is 0 Å². The van der Waals surface area contributed by atoms with Crippen LogP contribution in [-0.4, -0.2) is 24.9 Å². The molecule has 0 unspecified atom stereocenters. The zero-order valence-electron chi connectivity index (χ0n) is 14.6. The van der Waals surface area contributed by atoms with Crippen LogP contribution in [-0.2, 0) is 15.8 Å². The number of nitrogens with zero attached hydrogens (tertiary/aromatic N) is 1. The molecule has 2 aromatic carbocycles. The number of alkyl halides is 3. The van der Waals surface area contributed by atoms with E-state index in [4.69, 9.17) is 11.6 Å². The van der Waals surface area contributed by atoms with Gasteiger partial charge in [-0.15, -0.1) is 0 Å². The lowest BCUT2D eigenvalue weighted by Crippen LogP contribution is -2.24. The highest BCUT2D eigenvalue weighted by Gasteiger charge is 2.33. The molecule has 0 aromatic heterocycles. The largest absolute Gasteiger partial charge is 0.417 e. The molecular weight excluding hydrogens is 395 g/mol. The third-order valence-electron chi connectivity index (χ3n) is 4.26. The summed E-state index contributed by atoms with van der Waals surface area (Å²) < 4.78 is 38.6. The lowest BCUT2D eigenvalue weighted by molar-refractivity contribution is -0.137. The van der Waals surface area contributed by atoms with E-state index in [2.05, 4.69) is 10.6 Å². The van der Waals surface area contributed by atoms with Crippen molar-refractivity contribution in [3.63, 3.8) is 0 Å². The summed E-state index contributed by atoms with van der Waals surface area (Å²) in [6.45, 7) is 0.557. The molecule has 5 nitrogen and oxygen atoms in total. The quantitative estimate of drug-likeness (QED) is 0.759. The van der Waals surface area contributed by atoms with Gasteiger partial charge in [0, 0.05) is 30.0 Å². The van der Waals surface area contributed by atoms with E-state index in [9.17, 15) is 22.8 Å². The molecule has 0 saturated carbocycles. The smallest absolute Gasteiger partial charge is 0.376 e. The summed E-state index contributed by atoms with van der Waals surface area (Å²) in [5, 5.41) is 4.86. The van der Waals surface area contributed by atoms with Gasteiger partial charge in [-0.3, -0.25) is 9.59 Å². The third-order valence-corrected chi connectivity index (χ3v) is 4.59. The standard InChI is InChI=1S/C19H17ClF3N3O2/c20-16-8-5-13(10-15(16)19(21,22)23)25-17(27)11-24-12-3-6-14(7-4-12)26-9-1-2-18(26)28/h3-8,10,24H,1-2,9,11H2,(H,25,27). The van der Waals surface area contributed by atoms with Crippen LogP contribution in [0, 0.1) is 0 Å². The molecule has 2 aromatic rings. The van der Waals surface area contributed by atoms with Gasteiger partial charge in [-0.1, -0.05) is 11.6 Å². The molecule has 1 aliphatic heterocycles. The van der Waals surface area contributed by atoms with Crippen LogP contribution < -0.4 is 15.5 Å². The van der Waals surface area contributed by atoms with Crippen LogP contribution in [0.4, 0.5) is 30.2 Å². The Hall–Kier alpha value is -2.74. The number of benzene rings is 2. The van der Waals surface area contributed by atoms with E-state index in [1.807, 2.05) is 0 Å². The minimum atomic E-state index is -4.60. The first-order valence-corrected chi connectivity index (χ1v) is 8.93. The first kappa shape index (κ1) is 20.0. The molecule has 0 aliphatic carbocycles. The molecule has 2 amide bonds. The number of nitrogens with one attached hydrogen (secondary N) is 2. The van der Waals surface area contributed by atoms with Crippen LogP contribution in [0.25, 0.3) is 0 Å². The highest BCUT2D eigenvalue weighted by molar-refractivity contribution is 6.31. The summed E-state index contributed by atoms with van der Waals surface area (Å²) in [6, 6.07) is 10.2. The summed E-state index contributed by atoms with van der Waals surface area (Å²) in [5.74, 6) is -0.421. The Morgan fingerprint density at radius 1 is 1.11 bits per heavy atom. The first-order valence-electron chi connectivity index (χ1n) is 8.55. The van der Waals surface area contributed by atoms with Gasteiger partial charge in [0.05, 0.1) is 17.1 Å². The lowest BCUT2D eigenvalue weighted by Gasteiger charge is -2.16. The zero-order chi connectivity index (χ0) is 20.3. The van der Waals surface area contributed by atoms with Crippen LogP contribution in [0.2, 0.25) is 5.02 Å². The van der Waals surface area contributed by atoms with Gasteiger partial charge >= 0.3 is 6.18 Å². The van der Waals surface area contributed by atoms with Crippen molar-refractivity contribution in [3.05, 3.63) is 53.1 Å². The van der Waals surface area contributed by atoms with Gasteiger partial charge in [-0.05, 0) is 48.9 Å². The van der Waals surface area contributed by atoms with E-state index >= 15 is 0 Å². The molecule has 1 aliphatic rings. The number of carbonyl (C=O) groups is 2. The van der Waals surface area contributed by atoms with Crippen molar-refractivity contribution in [2.45, 2.75) is 19.0 Å². The molecule has 1 saturated heterocycles. The van der Waals surface area contributed by atoms with E-state index in [1.165, 1.54) is 6.07 Å². The molecule has 2 N–H and O–H groups in total. The Balaban J connectivity index is 1.57. The summed E-state index contributed by atoms with van der Waals surface area (Å²) >= 11 is 5.56. The molecule has 0 spiro atoms. The summed E-state index contributed by atoms with van der Waals surface area (Å²) in [7, 11) is 0. The second-order valence-corrected chi connectivity index (χ2v) is 6.70. The first-order chi connectivity index (χ1) is 13.2. The Labute approximate surface area is 164 Å². The maximum absolute atomic E-state index is 12.9. The molecular formula is C19H17ClF3N3O2. The van der Waals surface area contributed by atoms with Gasteiger partial charge in [-0.2, -0.15) is 13.2 Å². The Morgan fingerprint density at radius 2 is 1.79 bits per heavy atom. The van der Waals surface area contributed by atoms with Crippen molar-refractivity contribution in [2.24, 2.45) is 0 Å². The van der Waals surface area contributed by atoms with Gasteiger partial charge in [-0.25, -0.2) is 0 Å². The molecule has 1 heterocycles. The fourth-order valence-corrected chi connectivity index (χ4v) is 3.11. The van der Waals surface area contributed by atoms with Crippen LogP contribution in [0.15, 0.2) is 42.5 Å². The van der Waals surface area contributed by atoms with Gasteiger partial charge in [0.25, 0.3) is 0 Å². The van der Waals surface area contributed by atoms with Crippen LogP contribution in [0.3, 0.4) is 0 Å². The molecule has 0 atom stereocenters. The SMILES string of the molecule is O=C(CNc1ccc(N2CCCC2=O)cc1)Nc1ccc(Cl)c(C(F)(F)F)c1. The molecule has 9 heteroatoms. The van der Waals surface area contributed by atoms with Crippen LogP contribution >= 0.6 is 11.6 Å². The van der Waals surface area contributed by atoms with E-state index in [1.54, 1.807) is 29.2 Å². The normalized spacial score (nSPS) is 14.3. The van der Waals surface area contributed by atoms with Gasteiger partial charge < -0.3 is 15.5 Å². The van der Waals surface area contributed by atoms with Crippen molar-refractivity contribution in [1.82, 2.24) is 0 Å². The molecule has 1 fully saturated rings. The summed E-state index contributed by atoms with van der Waals surface area (Å²) in [6.07, 6.45) is -3.23. The zero-order valence-corrected chi connectivity index (χ0v) is 15.4. The third kappa shape index (κ3) is 4.75. The maximum Gasteiger partial charge on any atom is 0.417 e. The molecule has 148 valence electrons. The minimum Gasteiger partial charge on any atom is -0.376 e. The van der Waals surface area contributed by atoms with Crippen molar-refractivity contribution in [2.75, 3.05) is 28.6 Å². The average molecular weight is 412 g/mol. The second kappa shape index (κ2) is 8.10. The highest BCUT2D eigenvalue weighted by Crippen LogP contribution is 2.36. The predicted molar refractivity (Wildman–Crippen MR) is 102 cm³/mol. The van der Waals surface area contributed by atoms with E-state index in [0.717, 1.165) is 24.2 Å². The topological polar surface area (TPSA) is 61.4 Å². The number of anilines is 3. The Bertz CT molecular complexity index is 885. The van der Waals surface area contributed by atoms with Crippen molar-refractivity contribution in [3.8, 4) is 0 Å². The van der Waals surface area contributed by atoms with E-state index in [-0.39, 0.29) is 18.1 Å². The minimum absolute atomic E-state index is 0.00594. The highest BCUT2D eigenvalue weighted by atomic mass is 35.5. The Kier molecular flexibility index (Phi) is 5.79. The number of hydrogen-bond acceptors (Lipinski definition) is 3. The molecule has 0 radical (unpaired) electrons. The fraction of sp³-hybridized carbons (Fsp3) is 0.263. The lowest BCUT2D eigenvalue weighted by atomic mass is 10.2. The van der Waals surface area contributed by atoms with Crippen molar-refractivity contribution < 1.29 is 22.8 Å². The maximum atomic E-state index is 12.9. The average Bonchev–Trinajstić information content (AvgIpc) is 3.07. The van der Waals surface area contributed by atoms with Gasteiger partial charge in [0.2, 0.25) is 11.8 Å². The number of amides is 2.